The van der Waals surface area contributed by atoms with Crippen molar-refractivity contribution in [1.82, 2.24) is 10.6 Å². The Morgan fingerprint density at radius 1 is 0.880 bits per heavy atom. The number of carbonyl (C=O) groups is 2. The van der Waals surface area contributed by atoms with Gasteiger partial charge in [-0.25, -0.2) is 4.79 Å². The number of amides is 2. The first-order valence-corrected chi connectivity index (χ1v) is 8.01. The monoisotopic (exact) mass is 342 g/mol. The van der Waals surface area contributed by atoms with Crippen LogP contribution in [0.3, 0.4) is 0 Å². The van der Waals surface area contributed by atoms with Gasteiger partial charge < -0.3 is 20.1 Å². The molecule has 0 heterocycles. The Morgan fingerprint density at radius 2 is 1.56 bits per heavy atom. The topological polar surface area (TPSA) is 76.7 Å². The van der Waals surface area contributed by atoms with E-state index in [0.717, 1.165) is 16.9 Å². The largest absolute Gasteiger partial charge is 0.497 e. The van der Waals surface area contributed by atoms with Crippen LogP contribution in [-0.4, -0.2) is 32.2 Å². The first kappa shape index (κ1) is 18.3. The summed E-state index contributed by atoms with van der Waals surface area (Å²) in [5.74, 6) is 0.645. The average molecular weight is 342 g/mol. The second-order valence-electron chi connectivity index (χ2n) is 5.36. The van der Waals surface area contributed by atoms with Crippen LogP contribution in [0.15, 0.2) is 54.6 Å². The van der Waals surface area contributed by atoms with Crippen LogP contribution in [0.4, 0.5) is 4.79 Å². The highest BCUT2D eigenvalue weighted by molar-refractivity contribution is 5.78. The van der Waals surface area contributed by atoms with Crippen molar-refractivity contribution >= 4 is 12.0 Å². The van der Waals surface area contributed by atoms with Gasteiger partial charge in [-0.15, -0.1) is 0 Å². The zero-order valence-corrected chi connectivity index (χ0v) is 14.2. The molecule has 0 unspecified atom stereocenters. The Hall–Kier alpha value is -3.02. The van der Waals surface area contributed by atoms with Crippen molar-refractivity contribution in [3.05, 3.63) is 65.7 Å². The molecule has 2 rings (SSSR count). The molecular formula is C19H22N2O4. The number of ether oxygens (including phenoxy) is 2. The highest BCUT2D eigenvalue weighted by Crippen LogP contribution is 2.11. The summed E-state index contributed by atoms with van der Waals surface area (Å²) in [7, 11) is 1.60. The van der Waals surface area contributed by atoms with Crippen molar-refractivity contribution in [1.29, 1.82) is 0 Å². The van der Waals surface area contributed by atoms with E-state index in [1.807, 2.05) is 54.6 Å². The van der Waals surface area contributed by atoms with Crippen molar-refractivity contribution in [2.24, 2.45) is 0 Å². The maximum atomic E-state index is 11.8. The summed E-state index contributed by atoms with van der Waals surface area (Å²) in [6.07, 6.45) is -0.226. The third-order valence-electron chi connectivity index (χ3n) is 3.45. The molecule has 2 amide bonds. The summed E-state index contributed by atoms with van der Waals surface area (Å²) in [4.78, 5) is 23.4. The number of nitrogens with one attached hydrogen (secondary N) is 2. The van der Waals surface area contributed by atoms with Crippen LogP contribution in [0.2, 0.25) is 0 Å². The predicted molar refractivity (Wildman–Crippen MR) is 94.3 cm³/mol. The van der Waals surface area contributed by atoms with E-state index in [9.17, 15) is 9.59 Å². The van der Waals surface area contributed by atoms with Crippen molar-refractivity contribution in [2.75, 3.05) is 20.2 Å². The molecule has 6 heteroatoms. The standard InChI is InChI=1S/C19H22N2O4/c1-24-17-9-7-15(8-10-17)13-18(22)20-11-12-21-19(23)25-14-16-5-3-2-4-6-16/h2-10H,11-14H2,1H3,(H,20,22)(H,21,23). The summed E-state index contributed by atoms with van der Waals surface area (Å²) in [5.41, 5.74) is 1.82. The summed E-state index contributed by atoms with van der Waals surface area (Å²) in [6, 6.07) is 16.7. The highest BCUT2D eigenvalue weighted by Gasteiger charge is 2.05. The average Bonchev–Trinajstić information content (AvgIpc) is 2.65. The molecule has 0 bridgehead atoms. The number of alkyl carbamates (subject to hydrolysis) is 1. The van der Waals surface area contributed by atoms with Gasteiger partial charge >= 0.3 is 6.09 Å². The molecule has 0 aliphatic heterocycles. The normalized spacial score (nSPS) is 9.96. The lowest BCUT2D eigenvalue weighted by molar-refractivity contribution is -0.120. The second-order valence-corrected chi connectivity index (χ2v) is 5.36. The molecular weight excluding hydrogens is 320 g/mol. The molecule has 0 spiro atoms. The highest BCUT2D eigenvalue weighted by atomic mass is 16.5. The summed E-state index contributed by atoms with van der Waals surface area (Å²) in [5, 5.41) is 5.34. The Kier molecular flexibility index (Phi) is 7.31. The zero-order chi connectivity index (χ0) is 17.9. The number of carbonyl (C=O) groups excluding carboxylic acids is 2. The van der Waals surface area contributed by atoms with Gasteiger partial charge in [0.15, 0.2) is 0 Å². The zero-order valence-electron chi connectivity index (χ0n) is 14.2. The van der Waals surface area contributed by atoms with E-state index in [1.54, 1.807) is 7.11 Å². The number of methoxy groups -OCH3 is 1. The van der Waals surface area contributed by atoms with E-state index in [2.05, 4.69) is 10.6 Å². The number of hydrogen-bond acceptors (Lipinski definition) is 4. The molecule has 0 saturated heterocycles. The number of benzene rings is 2. The molecule has 0 aliphatic carbocycles. The first-order valence-electron chi connectivity index (χ1n) is 8.01. The van der Waals surface area contributed by atoms with Gasteiger partial charge in [-0.1, -0.05) is 42.5 Å². The predicted octanol–water partition coefficient (Wildman–Crippen LogP) is 2.28. The molecule has 0 aliphatic rings. The van der Waals surface area contributed by atoms with Crippen LogP contribution < -0.4 is 15.4 Å². The van der Waals surface area contributed by atoms with E-state index >= 15 is 0 Å². The van der Waals surface area contributed by atoms with Gasteiger partial charge in [-0.3, -0.25) is 4.79 Å². The van der Waals surface area contributed by atoms with Crippen LogP contribution in [0.5, 0.6) is 5.75 Å². The molecule has 132 valence electrons. The van der Waals surface area contributed by atoms with Crippen LogP contribution in [-0.2, 0) is 22.6 Å². The lowest BCUT2D eigenvalue weighted by Crippen LogP contribution is -2.35. The van der Waals surface area contributed by atoms with Crippen LogP contribution >= 0.6 is 0 Å². The van der Waals surface area contributed by atoms with Crippen molar-refractivity contribution < 1.29 is 19.1 Å². The summed E-state index contributed by atoms with van der Waals surface area (Å²) < 4.78 is 10.1. The van der Waals surface area contributed by atoms with E-state index in [-0.39, 0.29) is 18.9 Å². The Labute approximate surface area is 147 Å². The molecule has 2 aromatic carbocycles. The van der Waals surface area contributed by atoms with Crippen molar-refractivity contribution in [3.8, 4) is 5.75 Å². The molecule has 0 saturated carbocycles. The SMILES string of the molecule is COc1ccc(CC(=O)NCCNC(=O)OCc2ccccc2)cc1. The van der Waals surface area contributed by atoms with E-state index < -0.39 is 6.09 Å². The number of hydrogen-bond donors (Lipinski definition) is 2. The molecule has 0 radical (unpaired) electrons. The molecule has 0 fully saturated rings. The fraction of sp³-hybridized carbons (Fsp3) is 0.263. The Morgan fingerprint density at radius 3 is 2.24 bits per heavy atom. The third-order valence-corrected chi connectivity index (χ3v) is 3.45. The van der Waals surface area contributed by atoms with Gasteiger partial charge in [0.2, 0.25) is 5.91 Å². The molecule has 6 nitrogen and oxygen atoms in total. The summed E-state index contributed by atoms with van der Waals surface area (Å²) in [6.45, 7) is 0.869. The Bertz CT molecular complexity index is 672. The molecule has 2 N–H and O–H groups in total. The summed E-state index contributed by atoms with van der Waals surface area (Å²) >= 11 is 0. The molecule has 0 atom stereocenters. The molecule has 2 aromatic rings. The van der Waals surface area contributed by atoms with E-state index in [1.165, 1.54) is 0 Å². The molecule has 0 aromatic heterocycles. The first-order chi connectivity index (χ1) is 12.2. The Balaban J connectivity index is 1.58. The third kappa shape index (κ3) is 6.95. The fourth-order valence-electron chi connectivity index (χ4n) is 2.13. The lowest BCUT2D eigenvalue weighted by Gasteiger charge is -2.08. The van der Waals surface area contributed by atoms with Gasteiger partial charge in [0.05, 0.1) is 13.5 Å². The maximum absolute atomic E-state index is 11.8. The van der Waals surface area contributed by atoms with Crippen molar-refractivity contribution in [3.63, 3.8) is 0 Å². The van der Waals surface area contributed by atoms with Crippen LogP contribution in [0, 0.1) is 0 Å². The van der Waals surface area contributed by atoms with Gasteiger partial charge in [0.1, 0.15) is 12.4 Å². The number of rotatable bonds is 8. The fourth-order valence-corrected chi connectivity index (χ4v) is 2.13. The smallest absolute Gasteiger partial charge is 0.407 e. The molecule has 25 heavy (non-hydrogen) atoms. The van der Waals surface area contributed by atoms with Crippen LogP contribution in [0.25, 0.3) is 0 Å². The van der Waals surface area contributed by atoms with Gasteiger partial charge in [0.25, 0.3) is 0 Å². The van der Waals surface area contributed by atoms with Gasteiger partial charge in [0, 0.05) is 13.1 Å². The van der Waals surface area contributed by atoms with Crippen LogP contribution in [0.1, 0.15) is 11.1 Å². The lowest BCUT2D eigenvalue weighted by atomic mass is 10.1. The maximum Gasteiger partial charge on any atom is 0.407 e. The minimum atomic E-state index is -0.506. The quantitative estimate of drug-likeness (QED) is 0.722. The minimum Gasteiger partial charge on any atom is -0.497 e. The van der Waals surface area contributed by atoms with E-state index in [4.69, 9.17) is 9.47 Å². The van der Waals surface area contributed by atoms with Gasteiger partial charge in [-0.2, -0.15) is 0 Å². The van der Waals surface area contributed by atoms with Crippen molar-refractivity contribution in [2.45, 2.75) is 13.0 Å². The minimum absolute atomic E-state index is 0.107. The van der Waals surface area contributed by atoms with Gasteiger partial charge in [-0.05, 0) is 23.3 Å². The second kappa shape index (κ2) is 9.97. The van der Waals surface area contributed by atoms with E-state index in [0.29, 0.717) is 13.1 Å².